The third-order valence-electron chi connectivity index (χ3n) is 13.4. The summed E-state index contributed by atoms with van der Waals surface area (Å²) < 4.78 is 9.22. The van der Waals surface area contributed by atoms with Gasteiger partial charge in [-0.2, -0.15) is 6.07 Å². The molecular weight excluding hydrogens is 1000 g/mol. The Hall–Kier alpha value is -5.64. The third kappa shape index (κ3) is 9.21. The largest absolute Gasteiger partial charge is 0.509 e. The molecule has 1 aliphatic rings. The van der Waals surface area contributed by atoms with Gasteiger partial charge in [0.25, 0.3) is 0 Å². The monoisotopic (exact) mass is 1060 g/mol. The van der Waals surface area contributed by atoms with Crippen molar-refractivity contribution in [3.63, 3.8) is 0 Å². The molecule has 0 saturated heterocycles. The molecule has 3 heterocycles. The van der Waals surface area contributed by atoms with Crippen LogP contribution >= 0.6 is 0 Å². The Bertz CT molecular complexity index is 3080. The van der Waals surface area contributed by atoms with Gasteiger partial charge < -0.3 is 19.1 Å². The normalized spacial score (nSPS) is 13.6. The SMILES string of the molecule is CC(C)(C)c1cc(N2[CH-]N(c3[c-]c(Oc4[c-]c5c(cc4)c4ccccc4n5-c4cc(C(C)(C)C)ccn4)cc(C(C)(C)c4ccccc4)c3)c3cc(C(C)(C)C)ccc32)cc(C(C)(C)C)c1.[Pt]. The van der Waals surface area contributed by atoms with E-state index in [9.17, 15) is 0 Å². The molecule has 9 rings (SSSR count). The number of ether oxygens (including phenoxy) is 1. The molecule has 0 aliphatic carbocycles. The van der Waals surface area contributed by atoms with Gasteiger partial charge in [0.05, 0.1) is 0 Å². The molecule has 5 nitrogen and oxygen atoms in total. The van der Waals surface area contributed by atoms with Gasteiger partial charge in [-0.1, -0.05) is 163 Å². The summed E-state index contributed by atoms with van der Waals surface area (Å²) in [6.45, 7) is 34.2. The zero-order chi connectivity index (χ0) is 47.1. The molecule has 6 aromatic carbocycles. The van der Waals surface area contributed by atoms with Gasteiger partial charge in [-0.15, -0.1) is 53.6 Å². The van der Waals surface area contributed by atoms with Crippen molar-refractivity contribution in [2.75, 3.05) is 9.80 Å². The molecule has 0 bridgehead atoms. The second-order valence-electron chi connectivity index (χ2n) is 22.9. The number of hydrogen-bond donors (Lipinski definition) is 0. The van der Waals surface area contributed by atoms with Crippen LogP contribution in [-0.4, -0.2) is 9.55 Å². The van der Waals surface area contributed by atoms with E-state index in [1.54, 1.807) is 0 Å². The van der Waals surface area contributed by atoms with E-state index in [1.165, 1.54) is 27.8 Å². The molecular formula is C61H65N4OPt-3. The van der Waals surface area contributed by atoms with Gasteiger partial charge in [0.1, 0.15) is 5.82 Å². The molecule has 348 valence electrons. The number of anilines is 4. The summed E-state index contributed by atoms with van der Waals surface area (Å²) in [5, 5.41) is 2.23. The number of para-hydroxylation sites is 1. The van der Waals surface area contributed by atoms with Gasteiger partial charge in [-0.3, -0.25) is 0 Å². The van der Waals surface area contributed by atoms with Crippen LogP contribution in [0.5, 0.6) is 11.5 Å². The van der Waals surface area contributed by atoms with Gasteiger partial charge >= 0.3 is 0 Å². The number of rotatable bonds is 7. The van der Waals surface area contributed by atoms with Crippen LogP contribution in [0, 0.1) is 18.8 Å². The Morgan fingerprint density at radius 2 is 1.10 bits per heavy atom. The van der Waals surface area contributed by atoms with Crippen LogP contribution in [0.2, 0.25) is 0 Å². The molecule has 0 radical (unpaired) electrons. The maximum absolute atomic E-state index is 7.01. The molecule has 0 saturated carbocycles. The maximum Gasteiger partial charge on any atom is 0.135 e. The number of pyridine rings is 1. The molecule has 0 N–H and O–H groups in total. The number of aromatic nitrogens is 2. The Kier molecular flexibility index (Phi) is 12.2. The van der Waals surface area contributed by atoms with Crippen molar-refractivity contribution in [1.29, 1.82) is 0 Å². The van der Waals surface area contributed by atoms with Gasteiger partial charge in [0, 0.05) is 61.3 Å². The van der Waals surface area contributed by atoms with Crippen LogP contribution in [0.1, 0.15) is 130 Å². The minimum Gasteiger partial charge on any atom is -0.509 e. The van der Waals surface area contributed by atoms with E-state index in [2.05, 4.69) is 251 Å². The second-order valence-corrected chi connectivity index (χ2v) is 22.9. The maximum atomic E-state index is 7.01. The molecule has 1 aliphatic heterocycles. The van der Waals surface area contributed by atoms with Gasteiger partial charge in [-0.25, -0.2) is 4.98 Å². The van der Waals surface area contributed by atoms with Gasteiger partial charge in [-0.05, 0) is 103 Å². The van der Waals surface area contributed by atoms with Crippen LogP contribution in [0.25, 0.3) is 27.6 Å². The van der Waals surface area contributed by atoms with Gasteiger partial charge in [0.2, 0.25) is 0 Å². The molecule has 8 aromatic rings. The predicted molar refractivity (Wildman–Crippen MR) is 278 cm³/mol. The van der Waals surface area contributed by atoms with Crippen molar-refractivity contribution in [1.82, 2.24) is 9.55 Å². The molecule has 0 fully saturated rings. The topological polar surface area (TPSA) is 33.5 Å². The predicted octanol–water partition coefficient (Wildman–Crippen LogP) is 16.5. The molecule has 67 heavy (non-hydrogen) atoms. The first-order chi connectivity index (χ1) is 31.0. The standard InChI is InChI=1S/C61H65N4O.Pt/c1-57(2,3)41-24-27-53-55(35-41)64(39-63(53)46-31-43(59(7,8)9)30-44(32-46)60(10,11)12)47-33-45(61(13,14)40-20-16-15-17-21-40)34-49(37-47)66-48-25-26-51-50-22-18-19-23-52(50)65(54(51)38-48)56-36-42(28-29-62-56)58(4,5)6;/h15-36,39H,1-14H3;/q-3;. The first-order valence-corrected chi connectivity index (χ1v) is 23.4. The summed E-state index contributed by atoms with van der Waals surface area (Å²) in [5.41, 5.74) is 13.1. The number of hydrogen-bond acceptors (Lipinski definition) is 4. The zero-order valence-corrected chi connectivity index (χ0v) is 44.1. The fraction of sp³-hybridized carbons (Fsp3) is 0.311. The van der Waals surface area contributed by atoms with Crippen molar-refractivity contribution in [2.24, 2.45) is 0 Å². The van der Waals surface area contributed by atoms with E-state index in [1.807, 2.05) is 12.3 Å². The third-order valence-corrected chi connectivity index (χ3v) is 13.4. The van der Waals surface area contributed by atoms with Crippen molar-refractivity contribution >= 4 is 44.6 Å². The summed E-state index contributed by atoms with van der Waals surface area (Å²) in [7, 11) is 0. The van der Waals surface area contributed by atoms with Crippen molar-refractivity contribution in [2.45, 2.75) is 124 Å². The number of benzene rings is 6. The Morgan fingerprint density at radius 3 is 1.76 bits per heavy atom. The van der Waals surface area contributed by atoms with Gasteiger partial charge in [0.15, 0.2) is 0 Å². The van der Waals surface area contributed by atoms with Crippen LogP contribution < -0.4 is 14.5 Å². The van der Waals surface area contributed by atoms with Crippen LogP contribution in [-0.2, 0) is 48.1 Å². The summed E-state index contributed by atoms with van der Waals surface area (Å²) in [6.07, 6.45) is 1.91. The Labute approximate surface area is 414 Å². The second kappa shape index (κ2) is 17.1. The molecule has 2 aromatic heterocycles. The summed E-state index contributed by atoms with van der Waals surface area (Å²) in [4.78, 5) is 9.58. The molecule has 6 heteroatoms. The molecule has 0 amide bonds. The molecule has 0 atom stereocenters. The minimum absolute atomic E-state index is 0. The van der Waals surface area contributed by atoms with E-state index >= 15 is 0 Å². The van der Waals surface area contributed by atoms with Crippen LogP contribution in [0.4, 0.5) is 22.7 Å². The fourth-order valence-corrected chi connectivity index (χ4v) is 9.03. The van der Waals surface area contributed by atoms with E-state index < -0.39 is 0 Å². The first kappa shape index (κ1) is 47.8. The van der Waals surface area contributed by atoms with E-state index in [-0.39, 0.29) is 48.1 Å². The quantitative estimate of drug-likeness (QED) is 0.149. The van der Waals surface area contributed by atoms with Crippen LogP contribution in [0.15, 0.2) is 134 Å². The zero-order valence-electron chi connectivity index (χ0n) is 41.8. The smallest absolute Gasteiger partial charge is 0.135 e. The van der Waals surface area contributed by atoms with Crippen LogP contribution in [0.3, 0.4) is 0 Å². The number of nitrogens with zero attached hydrogens (tertiary/aromatic N) is 4. The molecule has 0 unspecified atom stereocenters. The van der Waals surface area contributed by atoms with E-state index in [0.29, 0.717) is 11.5 Å². The summed E-state index contributed by atoms with van der Waals surface area (Å²) in [5.74, 6) is 2.07. The Balaban J connectivity index is 0.00000608. The summed E-state index contributed by atoms with van der Waals surface area (Å²) >= 11 is 0. The summed E-state index contributed by atoms with van der Waals surface area (Å²) in [6, 6.07) is 53.8. The van der Waals surface area contributed by atoms with E-state index in [0.717, 1.165) is 55.9 Å². The first-order valence-electron chi connectivity index (χ1n) is 23.4. The van der Waals surface area contributed by atoms with Crippen molar-refractivity contribution in [3.8, 4) is 17.3 Å². The van der Waals surface area contributed by atoms with E-state index in [4.69, 9.17) is 9.72 Å². The number of fused-ring (bicyclic) bond motifs is 4. The average molecular weight is 1070 g/mol. The van der Waals surface area contributed by atoms with Crippen molar-refractivity contribution in [3.05, 3.63) is 186 Å². The van der Waals surface area contributed by atoms with Crippen molar-refractivity contribution < 1.29 is 25.8 Å². The average Bonchev–Trinajstić information content (AvgIpc) is 3.81. The minimum atomic E-state index is -0.370. The Morgan fingerprint density at radius 1 is 0.478 bits per heavy atom. The molecule has 0 spiro atoms. The fourth-order valence-electron chi connectivity index (χ4n) is 9.03.